The van der Waals surface area contributed by atoms with E-state index in [-0.39, 0.29) is 0 Å². The van der Waals surface area contributed by atoms with Crippen LogP contribution in [0.3, 0.4) is 0 Å². The highest BCUT2D eigenvalue weighted by molar-refractivity contribution is 4.99. The van der Waals surface area contributed by atoms with Gasteiger partial charge >= 0.3 is 0 Å². The first-order valence-corrected chi connectivity index (χ1v) is 4.53. The first-order chi connectivity index (χ1) is 5.08. The fraction of sp³-hybridized carbons (Fsp3) is 1.00. The molecule has 0 radical (unpaired) electrons. The zero-order valence-electron chi connectivity index (χ0n) is 7.02. The Hall–Kier alpha value is -0.110. The fourth-order valence-electron chi connectivity index (χ4n) is 2.85. The number of hydrogen-bond acceptors (Lipinski definition) is 1. The molecule has 0 aromatic rings. The lowest BCUT2D eigenvalue weighted by molar-refractivity contribution is 0.0757. The van der Waals surface area contributed by atoms with Crippen molar-refractivity contribution in [2.45, 2.75) is 44.3 Å². The minimum absolute atomic E-state index is 0.304. The van der Waals surface area contributed by atoms with Gasteiger partial charge in [-0.3, -0.25) is 0 Å². The highest BCUT2D eigenvalue weighted by Crippen LogP contribution is 2.47. The van der Waals surface area contributed by atoms with Crippen molar-refractivity contribution in [2.24, 2.45) is 17.6 Å². The third kappa shape index (κ3) is 1.18. The summed E-state index contributed by atoms with van der Waals surface area (Å²) in [5, 5.41) is 0. The van der Waals surface area contributed by atoms with Crippen LogP contribution in [0.15, 0.2) is 0 Å². The van der Waals surface area contributed by atoms with E-state index in [2.05, 4.69) is 0 Å². The summed E-state index contributed by atoms with van der Waals surface area (Å²) in [6.45, 7) is 1.73. The van der Waals surface area contributed by atoms with Crippen LogP contribution in [0.2, 0.25) is 0 Å². The van der Waals surface area contributed by atoms with Crippen molar-refractivity contribution in [1.29, 1.82) is 0 Å². The first-order valence-electron chi connectivity index (χ1n) is 4.53. The van der Waals surface area contributed by atoms with E-state index in [1.165, 1.54) is 0 Å². The molecule has 2 N–H and O–H groups in total. The molecule has 2 atom stereocenters. The van der Waals surface area contributed by atoms with Gasteiger partial charge in [-0.05, 0) is 44.4 Å². The molecular weight excluding hydrogens is 141 g/mol. The molecule has 0 aliphatic heterocycles. The van der Waals surface area contributed by atoms with Gasteiger partial charge in [-0.25, -0.2) is 4.39 Å². The van der Waals surface area contributed by atoms with E-state index in [4.69, 9.17) is 5.73 Å². The Morgan fingerprint density at radius 1 is 1.27 bits per heavy atom. The second-order valence-corrected chi connectivity index (χ2v) is 4.50. The highest BCUT2D eigenvalue weighted by Gasteiger charge is 2.46. The normalized spacial score (nSPS) is 56.5. The lowest BCUT2D eigenvalue weighted by Crippen LogP contribution is -2.42. The van der Waals surface area contributed by atoms with Crippen LogP contribution in [0.5, 0.6) is 0 Å². The molecule has 2 fully saturated rings. The minimum atomic E-state index is -0.915. The number of halogens is 1. The van der Waals surface area contributed by atoms with Gasteiger partial charge in [0.1, 0.15) is 5.67 Å². The topological polar surface area (TPSA) is 26.0 Å². The van der Waals surface area contributed by atoms with Gasteiger partial charge in [0.2, 0.25) is 0 Å². The molecule has 2 bridgehead atoms. The maximum Gasteiger partial charge on any atom is 0.109 e. The Morgan fingerprint density at radius 3 is 2.18 bits per heavy atom. The molecule has 0 aromatic carbocycles. The summed E-state index contributed by atoms with van der Waals surface area (Å²) in [5.74, 6) is 0.951. The van der Waals surface area contributed by atoms with Crippen LogP contribution in [0.25, 0.3) is 0 Å². The Morgan fingerprint density at radius 2 is 1.73 bits per heavy atom. The molecular formula is C9H16FN. The first kappa shape index (κ1) is 7.53. The summed E-state index contributed by atoms with van der Waals surface area (Å²) in [6, 6.07) is 0.304. The Bertz CT molecular complexity index is 151. The van der Waals surface area contributed by atoms with Crippen molar-refractivity contribution >= 4 is 0 Å². The average Bonchev–Trinajstić information content (AvgIpc) is 2.19. The molecule has 0 saturated heterocycles. The summed E-state index contributed by atoms with van der Waals surface area (Å²) >= 11 is 0. The largest absolute Gasteiger partial charge is 0.327 e. The second kappa shape index (κ2) is 2.19. The number of fused-ring (bicyclic) bond motifs is 2. The molecule has 11 heavy (non-hydrogen) atoms. The van der Waals surface area contributed by atoms with Crippen molar-refractivity contribution in [3.8, 4) is 0 Å². The monoisotopic (exact) mass is 157 g/mol. The zero-order valence-corrected chi connectivity index (χ0v) is 7.02. The molecule has 0 aromatic heterocycles. The van der Waals surface area contributed by atoms with E-state index in [1.807, 2.05) is 0 Å². The van der Waals surface area contributed by atoms with Crippen LogP contribution in [-0.4, -0.2) is 11.7 Å². The Kier molecular flexibility index (Phi) is 1.50. The lowest BCUT2D eigenvalue weighted by atomic mass is 9.77. The summed E-state index contributed by atoms with van der Waals surface area (Å²) < 4.78 is 13.5. The minimum Gasteiger partial charge on any atom is -0.327 e. The second-order valence-electron chi connectivity index (χ2n) is 4.50. The maximum atomic E-state index is 13.5. The molecule has 2 aliphatic carbocycles. The van der Waals surface area contributed by atoms with E-state index in [0.29, 0.717) is 30.7 Å². The van der Waals surface area contributed by atoms with Crippen molar-refractivity contribution < 1.29 is 4.39 Å². The van der Waals surface area contributed by atoms with Crippen LogP contribution >= 0.6 is 0 Å². The zero-order chi connectivity index (χ0) is 8.06. The number of nitrogens with two attached hydrogens (primary N) is 1. The van der Waals surface area contributed by atoms with Crippen molar-refractivity contribution in [3.63, 3.8) is 0 Å². The molecule has 64 valence electrons. The van der Waals surface area contributed by atoms with Crippen molar-refractivity contribution in [1.82, 2.24) is 0 Å². The lowest BCUT2D eigenvalue weighted by Gasteiger charge is -2.35. The molecule has 0 heterocycles. The standard InChI is InChI=1S/C9H16FN/c1-9(10)4-6-2-3-7(5-9)8(6)11/h6-8H,2-5,11H2,1H3. The summed E-state index contributed by atoms with van der Waals surface area (Å²) in [4.78, 5) is 0. The SMILES string of the molecule is CC1(F)CC2CCC(C1)C2N. The van der Waals surface area contributed by atoms with E-state index in [1.54, 1.807) is 6.92 Å². The summed E-state index contributed by atoms with van der Waals surface area (Å²) in [6.07, 6.45) is 3.71. The van der Waals surface area contributed by atoms with Crippen LogP contribution in [0.1, 0.15) is 32.6 Å². The molecule has 2 aliphatic rings. The van der Waals surface area contributed by atoms with Gasteiger partial charge in [0, 0.05) is 6.04 Å². The third-order valence-corrected chi connectivity index (χ3v) is 3.37. The van der Waals surface area contributed by atoms with Gasteiger partial charge in [-0.1, -0.05) is 0 Å². The van der Waals surface area contributed by atoms with Crippen LogP contribution < -0.4 is 5.73 Å². The van der Waals surface area contributed by atoms with Gasteiger partial charge in [0.15, 0.2) is 0 Å². The van der Waals surface area contributed by atoms with Gasteiger partial charge < -0.3 is 5.73 Å². The predicted octanol–water partition coefficient (Wildman–Crippen LogP) is 1.86. The molecule has 1 nitrogen and oxygen atoms in total. The summed E-state index contributed by atoms with van der Waals surface area (Å²) in [7, 11) is 0. The molecule has 0 spiro atoms. The number of rotatable bonds is 0. The number of alkyl halides is 1. The third-order valence-electron chi connectivity index (χ3n) is 3.37. The van der Waals surface area contributed by atoms with Crippen LogP contribution in [0.4, 0.5) is 4.39 Å². The average molecular weight is 157 g/mol. The molecule has 2 unspecified atom stereocenters. The molecule has 2 saturated carbocycles. The van der Waals surface area contributed by atoms with E-state index >= 15 is 0 Å². The quantitative estimate of drug-likeness (QED) is 0.570. The van der Waals surface area contributed by atoms with Gasteiger partial charge in [-0.2, -0.15) is 0 Å². The summed E-state index contributed by atoms with van der Waals surface area (Å²) in [5.41, 5.74) is 5.02. The number of hydrogen-bond donors (Lipinski definition) is 1. The maximum absolute atomic E-state index is 13.5. The smallest absolute Gasteiger partial charge is 0.109 e. The molecule has 0 amide bonds. The van der Waals surface area contributed by atoms with Crippen molar-refractivity contribution in [3.05, 3.63) is 0 Å². The Labute approximate surface area is 67.2 Å². The Balaban J connectivity index is 2.14. The van der Waals surface area contributed by atoms with Crippen LogP contribution in [-0.2, 0) is 0 Å². The van der Waals surface area contributed by atoms with E-state index < -0.39 is 5.67 Å². The predicted molar refractivity (Wildman–Crippen MR) is 42.9 cm³/mol. The van der Waals surface area contributed by atoms with Gasteiger partial charge in [0.25, 0.3) is 0 Å². The van der Waals surface area contributed by atoms with Crippen molar-refractivity contribution in [2.75, 3.05) is 0 Å². The highest BCUT2D eigenvalue weighted by atomic mass is 19.1. The van der Waals surface area contributed by atoms with Crippen LogP contribution in [0, 0.1) is 11.8 Å². The molecule has 2 heteroatoms. The van der Waals surface area contributed by atoms with Gasteiger partial charge in [-0.15, -0.1) is 0 Å². The van der Waals surface area contributed by atoms with Gasteiger partial charge in [0.05, 0.1) is 0 Å². The molecule has 2 rings (SSSR count). The fourth-order valence-corrected chi connectivity index (χ4v) is 2.85. The van der Waals surface area contributed by atoms with E-state index in [9.17, 15) is 4.39 Å². The van der Waals surface area contributed by atoms with E-state index in [0.717, 1.165) is 12.8 Å².